The van der Waals surface area contributed by atoms with Crippen molar-refractivity contribution in [3.63, 3.8) is 0 Å². The molecule has 0 spiro atoms. The number of benzene rings is 1. The Kier molecular flexibility index (Phi) is 6.90. The molecule has 1 aromatic carbocycles. The van der Waals surface area contributed by atoms with Gasteiger partial charge < -0.3 is 0 Å². The van der Waals surface area contributed by atoms with Crippen molar-refractivity contribution in [2.45, 2.75) is 45.1 Å². The molecule has 0 saturated carbocycles. The lowest BCUT2D eigenvalue weighted by Gasteiger charge is -2.19. The van der Waals surface area contributed by atoms with Crippen LogP contribution in [-0.2, 0) is 0 Å². The average molecular weight is 275 g/mol. The van der Waals surface area contributed by atoms with Crippen LogP contribution in [0.25, 0.3) is 0 Å². The first-order valence-corrected chi connectivity index (χ1v) is 6.86. The molecule has 0 amide bonds. The van der Waals surface area contributed by atoms with Gasteiger partial charge in [0.2, 0.25) is 0 Å². The molecule has 3 N–H and O–H groups in total. The molecule has 0 heterocycles. The molecule has 1 atom stereocenters. The monoisotopic (exact) mass is 274 g/mol. The van der Waals surface area contributed by atoms with Crippen LogP contribution in [0.5, 0.6) is 0 Å². The van der Waals surface area contributed by atoms with Crippen molar-refractivity contribution in [2.24, 2.45) is 5.84 Å². The Labute approximate surface area is 113 Å². The van der Waals surface area contributed by atoms with E-state index in [-0.39, 0.29) is 6.04 Å². The van der Waals surface area contributed by atoms with Gasteiger partial charge in [-0.1, -0.05) is 61.9 Å². The molecule has 0 radical (unpaired) electrons. The Balaban J connectivity index is 2.66. The van der Waals surface area contributed by atoms with Crippen molar-refractivity contribution in [1.82, 2.24) is 5.43 Å². The highest BCUT2D eigenvalue weighted by Crippen LogP contribution is 2.32. The molecule has 2 nitrogen and oxygen atoms in total. The lowest BCUT2D eigenvalue weighted by molar-refractivity contribution is 0.482. The van der Waals surface area contributed by atoms with Crippen molar-refractivity contribution >= 4 is 23.2 Å². The summed E-state index contributed by atoms with van der Waals surface area (Å²) >= 11 is 12.3. The van der Waals surface area contributed by atoms with E-state index < -0.39 is 0 Å². The Morgan fingerprint density at radius 3 is 2.35 bits per heavy atom. The zero-order chi connectivity index (χ0) is 12.7. The zero-order valence-corrected chi connectivity index (χ0v) is 11.7. The maximum absolute atomic E-state index is 6.16. The van der Waals surface area contributed by atoms with Crippen molar-refractivity contribution in [1.29, 1.82) is 0 Å². The van der Waals surface area contributed by atoms with Gasteiger partial charge in [0.05, 0.1) is 0 Å². The van der Waals surface area contributed by atoms with Gasteiger partial charge in [-0.15, -0.1) is 0 Å². The molecule has 0 aliphatic rings. The molecule has 1 unspecified atom stereocenters. The van der Waals surface area contributed by atoms with Crippen LogP contribution in [0.1, 0.15) is 50.6 Å². The highest BCUT2D eigenvalue weighted by Gasteiger charge is 2.16. The van der Waals surface area contributed by atoms with Gasteiger partial charge in [0.1, 0.15) is 0 Å². The van der Waals surface area contributed by atoms with Crippen LogP contribution < -0.4 is 11.3 Å². The van der Waals surface area contributed by atoms with Crippen molar-refractivity contribution in [3.8, 4) is 0 Å². The summed E-state index contributed by atoms with van der Waals surface area (Å²) in [6.45, 7) is 2.20. The molecular formula is C13H20Cl2N2. The molecule has 0 aromatic heterocycles. The first kappa shape index (κ1) is 14.8. The zero-order valence-electron chi connectivity index (χ0n) is 10.2. The van der Waals surface area contributed by atoms with Crippen molar-refractivity contribution in [3.05, 3.63) is 33.8 Å². The molecule has 0 fully saturated rings. The van der Waals surface area contributed by atoms with E-state index >= 15 is 0 Å². The first-order valence-electron chi connectivity index (χ1n) is 6.10. The SMILES string of the molecule is CCCCCCC(NN)c1c(Cl)cccc1Cl. The summed E-state index contributed by atoms with van der Waals surface area (Å²) in [6.07, 6.45) is 5.79. The maximum Gasteiger partial charge on any atom is 0.0489 e. The highest BCUT2D eigenvalue weighted by atomic mass is 35.5. The van der Waals surface area contributed by atoms with E-state index in [4.69, 9.17) is 29.0 Å². The average Bonchev–Trinajstić information content (AvgIpc) is 2.31. The summed E-state index contributed by atoms with van der Waals surface area (Å²) in [5.41, 5.74) is 3.72. The predicted molar refractivity (Wildman–Crippen MR) is 75.3 cm³/mol. The van der Waals surface area contributed by atoms with E-state index in [0.29, 0.717) is 10.0 Å². The van der Waals surface area contributed by atoms with E-state index in [9.17, 15) is 0 Å². The molecule has 1 rings (SSSR count). The summed E-state index contributed by atoms with van der Waals surface area (Å²) in [6, 6.07) is 5.57. The lowest BCUT2D eigenvalue weighted by atomic mass is 10.0. The highest BCUT2D eigenvalue weighted by molar-refractivity contribution is 6.36. The second-order valence-corrected chi connectivity index (χ2v) is 5.02. The van der Waals surface area contributed by atoms with Crippen LogP contribution in [0.3, 0.4) is 0 Å². The molecule has 4 heteroatoms. The Morgan fingerprint density at radius 2 is 1.82 bits per heavy atom. The fourth-order valence-electron chi connectivity index (χ4n) is 1.93. The second-order valence-electron chi connectivity index (χ2n) is 4.20. The predicted octanol–water partition coefficient (Wildman–Crippen LogP) is 4.47. The van der Waals surface area contributed by atoms with E-state index in [1.165, 1.54) is 19.3 Å². The van der Waals surface area contributed by atoms with E-state index in [0.717, 1.165) is 18.4 Å². The van der Waals surface area contributed by atoms with Gasteiger partial charge in [-0.2, -0.15) is 0 Å². The minimum Gasteiger partial charge on any atom is -0.271 e. The first-order chi connectivity index (χ1) is 8.20. The molecule has 0 aliphatic carbocycles. The van der Waals surface area contributed by atoms with Crippen LogP contribution in [0.15, 0.2) is 18.2 Å². The minimum absolute atomic E-state index is 0.0352. The van der Waals surface area contributed by atoms with Crippen molar-refractivity contribution < 1.29 is 0 Å². The van der Waals surface area contributed by atoms with Gasteiger partial charge in [-0.3, -0.25) is 11.3 Å². The topological polar surface area (TPSA) is 38.0 Å². The van der Waals surface area contributed by atoms with E-state index in [2.05, 4.69) is 12.3 Å². The summed E-state index contributed by atoms with van der Waals surface area (Å²) in [4.78, 5) is 0. The Morgan fingerprint density at radius 1 is 1.18 bits per heavy atom. The number of nitrogens with one attached hydrogen (secondary N) is 1. The van der Waals surface area contributed by atoms with Crippen LogP contribution in [0, 0.1) is 0 Å². The summed E-state index contributed by atoms with van der Waals surface area (Å²) < 4.78 is 0. The van der Waals surface area contributed by atoms with Crippen LogP contribution in [0.2, 0.25) is 10.0 Å². The molecular weight excluding hydrogens is 255 g/mol. The maximum atomic E-state index is 6.16. The number of hydrazine groups is 1. The number of nitrogens with two attached hydrogens (primary N) is 1. The number of unbranched alkanes of at least 4 members (excludes halogenated alkanes) is 3. The fourth-order valence-corrected chi connectivity index (χ4v) is 2.59. The van der Waals surface area contributed by atoms with Gasteiger partial charge in [0, 0.05) is 21.7 Å². The van der Waals surface area contributed by atoms with E-state index in [1.807, 2.05) is 18.2 Å². The van der Waals surface area contributed by atoms with E-state index in [1.54, 1.807) is 0 Å². The molecule has 0 saturated heterocycles. The molecule has 0 bridgehead atoms. The largest absolute Gasteiger partial charge is 0.271 e. The lowest BCUT2D eigenvalue weighted by Crippen LogP contribution is -2.28. The number of hydrogen-bond acceptors (Lipinski definition) is 2. The summed E-state index contributed by atoms with van der Waals surface area (Å²) in [5.74, 6) is 5.59. The van der Waals surface area contributed by atoms with Gasteiger partial charge >= 0.3 is 0 Å². The molecule has 0 aliphatic heterocycles. The smallest absolute Gasteiger partial charge is 0.0489 e. The normalized spacial score (nSPS) is 12.7. The fraction of sp³-hybridized carbons (Fsp3) is 0.538. The van der Waals surface area contributed by atoms with Crippen LogP contribution in [0.4, 0.5) is 0 Å². The van der Waals surface area contributed by atoms with Crippen LogP contribution >= 0.6 is 23.2 Å². The molecule has 1 aromatic rings. The second kappa shape index (κ2) is 7.93. The standard InChI is InChI=1S/C13H20Cl2N2/c1-2-3-4-5-9-12(17-16)13-10(14)7-6-8-11(13)15/h6-8,12,17H,2-5,9,16H2,1H3. The third kappa shape index (κ3) is 4.47. The van der Waals surface area contributed by atoms with Gasteiger partial charge in [-0.05, 0) is 18.6 Å². The third-order valence-corrected chi connectivity index (χ3v) is 3.55. The Hall–Kier alpha value is -0.280. The van der Waals surface area contributed by atoms with Gasteiger partial charge in [0.25, 0.3) is 0 Å². The third-order valence-electron chi connectivity index (χ3n) is 2.90. The quantitative estimate of drug-likeness (QED) is 0.438. The number of rotatable bonds is 7. The number of halogens is 2. The van der Waals surface area contributed by atoms with Gasteiger partial charge in [0.15, 0.2) is 0 Å². The minimum atomic E-state index is 0.0352. The van der Waals surface area contributed by atoms with Crippen molar-refractivity contribution in [2.75, 3.05) is 0 Å². The summed E-state index contributed by atoms with van der Waals surface area (Å²) in [7, 11) is 0. The molecule has 17 heavy (non-hydrogen) atoms. The Bertz CT molecular complexity index is 322. The molecule has 96 valence electrons. The summed E-state index contributed by atoms with van der Waals surface area (Å²) in [5, 5.41) is 1.35. The number of hydrogen-bond donors (Lipinski definition) is 2. The van der Waals surface area contributed by atoms with Gasteiger partial charge in [-0.25, -0.2) is 0 Å². The van der Waals surface area contributed by atoms with Crippen LogP contribution in [-0.4, -0.2) is 0 Å².